The number of rotatable bonds is 78. The average molecular weight is 1620 g/mol. The van der Waals surface area contributed by atoms with E-state index >= 15 is 0 Å². The third-order valence-electron chi connectivity index (χ3n) is 23.6. The van der Waals surface area contributed by atoms with Crippen LogP contribution in [0.15, 0.2) is 60.8 Å². The van der Waals surface area contributed by atoms with Crippen LogP contribution in [0.3, 0.4) is 0 Å². The zero-order chi connectivity index (χ0) is 82.4. The second-order valence-electron chi connectivity index (χ2n) is 33.8. The van der Waals surface area contributed by atoms with Gasteiger partial charge in [0, 0.05) is 6.42 Å². The quantitative estimate of drug-likeness (QED) is 0.0199. The van der Waals surface area contributed by atoms with Crippen LogP contribution in [0.5, 0.6) is 0 Å². The van der Waals surface area contributed by atoms with Gasteiger partial charge >= 0.3 is 0 Å². The average Bonchev–Trinajstić information content (AvgIpc) is 0.782. The summed E-state index contributed by atoms with van der Waals surface area (Å²) < 4.78 is 34.6. The van der Waals surface area contributed by atoms with Crippen LogP contribution in [0.4, 0.5) is 0 Å². The van der Waals surface area contributed by atoms with Gasteiger partial charge in [-0.25, -0.2) is 0 Å². The molecule has 3 saturated heterocycles. The molecule has 0 aliphatic carbocycles. The number of unbranched alkanes of at least 4 members (excludes halogenated alkanes) is 52. The number of ether oxygens (including phenoxy) is 6. The molecule has 0 aromatic carbocycles. The van der Waals surface area contributed by atoms with Crippen molar-refractivity contribution in [3.63, 3.8) is 0 Å². The monoisotopic (exact) mass is 1620 g/mol. The van der Waals surface area contributed by atoms with Crippen molar-refractivity contribution in [2.24, 2.45) is 0 Å². The molecular formula is C95H175NO18. The number of nitrogens with one attached hydrogen (secondary N) is 1. The number of aliphatic hydroxyl groups excluding tert-OH is 11. The van der Waals surface area contributed by atoms with Crippen molar-refractivity contribution in [2.75, 3.05) is 26.4 Å². The first-order valence-corrected chi connectivity index (χ1v) is 47.5. The summed E-state index contributed by atoms with van der Waals surface area (Å²) >= 11 is 0. The lowest BCUT2D eigenvalue weighted by molar-refractivity contribution is -0.379. The molecule has 19 heteroatoms. The fourth-order valence-corrected chi connectivity index (χ4v) is 16.1. The Morgan fingerprint density at radius 3 is 0.947 bits per heavy atom. The first kappa shape index (κ1) is 106. The van der Waals surface area contributed by atoms with Crippen molar-refractivity contribution in [1.29, 1.82) is 0 Å². The van der Waals surface area contributed by atoms with Gasteiger partial charge in [0.1, 0.15) is 73.2 Å². The Kier molecular flexibility index (Phi) is 68.9. The number of carbonyl (C=O) groups excluding carboxylic acids is 1. The predicted molar refractivity (Wildman–Crippen MR) is 462 cm³/mol. The number of allylic oxidation sites excluding steroid dienone is 10. The summed E-state index contributed by atoms with van der Waals surface area (Å²) in [5.41, 5.74) is 0. The maximum atomic E-state index is 13.6. The molecule has 0 radical (unpaired) electrons. The minimum absolute atomic E-state index is 0.234. The smallest absolute Gasteiger partial charge is 0.220 e. The Morgan fingerprint density at radius 1 is 0.325 bits per heavy atom. The molecule has 114 heavy (non-hydrogen) atoms. The van der Waals surface area contributed by atoms with E-state index in [0.29, 0.717) is 12.8 Å². The first-order valence-electron chi connectivity index (χ1n) is 47.5. The Labute approximate surface area is 694 Å². The van der Waals surface area contributed by atoms with Crippen LogP contribution < -0.4 is 5.32 Å². The van der Waals surface area contributed by atoms with Crippen molar-refractivity contribution in [3.8, 4) is 0 Å². The van der Waals surface area contributed by atoms with Gasteiger partial charge in [0.25, 0.3) is 0 Å². The van der Waals surface area contributed by atoms with Crippen LogP contribution >= 0.6 is 0 Å². The zero-order valence-electron chi connectivity index (χ0n) is 72.3. The summed E-state index contributed by atoms with van der Waals surface area (Å²) in [4.78, 5) is 13.6. The number of amides is 1. The minimum atomic E-state index is -1.97. The second-order valence-corrected chi connectivity index (χ2v) is 33.8. The van der Waals surface area contributed by atoms with E-state index in [0.717, 1.165) is 77.0 Å². The summed E-state index contributed by atoms with van der Waals surface area (Å²) in [6, 6.07) is -0.889. The highest BCUT2D eigenvalue weighted by Gasteiger charge is 2.54. The first-order chi connectivity index (χ1) is 55.8. The van der Waals surface area contributed by atoms with Crippen LogP contribution in [0.25, 0.3) is 0 Å². The van der Waals surface area contributed by atoms with Crippen LogP contribution in [-0.2, 0) is 33.2 Å². The van der Waals surface area contributed by atoms with Gasteiger partial charge in [-0.05, 0) is 57.8 Å². The summed E-state index contributed by atoms with van der Waals surface area (Å²) in [6.45, 7) is 1.76. The molecule has 0 aromatic rings. The molecule has 3 fully saturated rings. The molecule has 3 rings (SSSR count). The third kappa shape index (κ3) is 52.0. The lowest BCUT2D eigenvalue weighted by Gasteiger charge is -2.48. The topological polar surface area (TPSA) is 307 Å². The Hall–Kier alpha value is -2.51. The van der Waals surface area contributed by atoms with Gasteiger partial charge in [0.2, 0.25) is 5.91 Å². The fourth-order valence-electron chi connectivity index (χ4n) is 16.1. The summed E-state index contributed by atoms with van der Waals surface area (Å²) in [7, 11) is 0. The van der Waals surface area contributed by atoms with Gasteiger partial charge in [0.05, 0.1) is 38.6 Å². The van der Waals surface area contributed by atoms with Crippen LogP contribution in [0, 0.1) is 0 Å². The molecule has 17 atom stereocenters. The van der Waals surface area contributed by atoms with Crippen LogP contribution in [0.2, 0.25) is 0 Å². The Balaban J connectivity index is 1.28. The molecule has 19 nitrogen and oxygen atoms in total. The van der Waals surface area contributed by atoms with Gasteiger partial charge in [-0.3, -0.25) is 4.79 Å². The van der Waals surface area contributed by atoms with Gasteiger partial charge in [-0.1, -0.05) is 402 Å². The second kappa shape index (κ2) is 74.3. The number of carbonyl (C=O) groups is 1. The van der Waals surface area contributed by atoms with Crippen molar-refractivity contribution in [3.05, 3.63) is 60.8 Å². The lowest BCUT2D eigenvalue weighted by atomic mass is 9.96. The van der Waals surface area contributed by atoms with Gasteiger partial charge in [-0.2, -0.15) is 0 Å². The summed E-state index contributed by atoms with van der Waals surface area (Å²) in [5.74, 6) is -0.234. The van der Waals surface area contributed by atoms with Gasteiger partial charge < -0.3 is 89.9 Å². The van der Waals surface area contributed by atoms with E-state index in [1.54, 1.807) is 0 Å². The molecule has 0 bridgehead atoms. The summed E-state index contributed by atoms with van der Waals surface area (Å²) in [5, 5.41) is 121. The van der Waals surface area contributed by atoms with Gasteiger partial charge in [-0.15, -0.1) is 0 Å². The molecule has 0 aromatic heterocycles. The Bertz CT molecular complexity index is 2290. The van der Waals surface area contributed by atoms with Crippen LogP contribution in [0.1, 0.15) is 406 Å². The maximum absolute atomic E-state index is 13.6. The van der Waals surface area contributed by atoms with E-state index in [-0.39, 0.29) is 18.9 Å². The van der Waals surface area contributed by atoms with E-state index < -0.39 is 124 Å². The molecule has 0 spiro atoms. The SMILES string of the molecule is CC/C=C\C/C=C\C/C=C\C/C=C\C/C=C\CCCCCCCCCCCCCCCCCCCCCCCCCCCC(=O)NC(COC1OC(CO)C(OC2OC(CO)C(OC3OC(CO)C(O)C(O)C3O)C(O)C2O)C(O)C1O)C(O)CCCCCCCCCCCCCCCCCCCCCCCCCCCCCC. The molecule has 12 N–H and O–H groups in total. The maximum Gasteiger partial charge on any atom is 0.220 e. The van der Waals surface area contributed by atoms with Crippen molar-refractivity contribution in [2.45, 2.75) is 510 Å². The van der Waals surface area contributed by atoms with Gasteiger partial charge in [0.15, 0.2) is 18.9 Å². The van der Waals surface area contributed by atoms with Crippen molar-refractivity contribution in [1.82, 2.24) is 5.32 Å². The fraction of sp³-hybridized carbons (Fsp3) is 0.884. The van der Waals surface area contributed by atoms with E-state index in [1.807, 2.05) is 0 Å². The molecule has 3 aliphatic heterocycles. The molecular weight excluding hydrogens is 1440 g/mol. The molecule has 3 heterocycles. The standard InChI is InChI=1S/C95H175NO18/c1-3-5-7-9-11-13-15-17-19-21-23-25-27-29-31-33-34-35-36-37-38-39-40-41-42-43-44-45-47-49-51-53-55-57-59-61-63-65-67-69-71-73-83(101)96-78(79(100)72-70-68-66-64-62-60-58-56-54-52-50-48-46-32-30-28-26-24-22-20-18-16-14-12-10-8-6-4-2)77-109-93-89(107)86(104)91(81(75-98)111-93)114-95-90(108)87(105)92(82(76-99)112-95)113-94-88(106)85(103)84(102)80(74-97)110-94/h5,7,11,13,17,19,23,25,29,31,78-82,84-95,97-100,102-108H,3-4,6,8-10,12,14-16,18,20-22,24,26-28,30,32-77H2,1-2H3,(H,96,101)/b7-5-,13-11-,19-17-,25-23-,31-29-. The number of hydrogen-bond acceptors (Lipinski definition) is 18. The highest BCUT2D eigenvalue weighted by Crippen LogP contribution is 2.34. The third-order valence-corrected chi connectivity index (χ3v) is 23.6. The summed E-state index contributed by atoms with van der Waals surface area (Å²) in [6.07, 6.45) is 72.0. The van der Waals surface area contributed by atoms with E-state index in [2.05, 4.69) is 79.9 Å². The van der Waals surface area contributed by atoms with E-state index in [9.17, 15) is 61.0 Å². The lowest BCUT2D eigenvalue weighted by Crippen LogP contribution is -2.66. The highest BCUT2D eigenvalue weighted by atomic mass is 16.8. The van der Waals surface area contributed by atoms with E-state index in [4.69, 9.17) is 28.4 Å². The zero-order valence-corrected chi connectivity index (χ0v) is 72.3. The number of hydrogen-bond donors (Lipinski definition) is 12. The molecule has 0 saturated carbocycles. The molecule has 17 unspecified atom stereocenters. The van der Waals surface area contributed by atoms with Crippen molar-refractivity contribution < 1.29 is 89.4 Å². The van der Waals surface area contributed by atoms with Crippen LogP contribution in [-0.4, -0.2) is 193 Å². The number of aliphatic hydroxyl groups is 11. The normalized spacial score (nSPS) is 24.9. The molecule has 3 aliphatic rings. The molecule has 1 amide bonds. The highest BCUT2D eigenvalue weighted by molar-refractivity contribution is 5.76. The van der Waals surface area contributed by atoms with E-state index in [1.165, 1.54) is 295 Å². The molecule has 668 valence electrons. The predicted octanol–water partition coefficient (Wildman–Crippen LogP) is 18.9. The largest absolute Gasteiger partial charge is 0.394 e. The minimum Gasteiger partial charge on any atom is -0.394 e. The van der Waals surface area contributed by atoms with Crippen molar-refractivity contribution >= 4 is 5.91 Å². The Morgan fingerprint density at radius 2 is 0.605 bits per heavy atom.